The molecule has 0 aliphatic heterocycles. The van der Waals surface area contributed by atoms with Gasteiger partial charge in [-0.2, -0.15) is 0 Å². The average Bonchev–Trinajstić information content (AvgIpc) is 2.55. The van der Waals surface area contributed by atoms with Gasteiger partial charge in [0.1, 0.15) is 5.69 Å². The third-order valence-electron chi connectivity index (χ3n) is 2.43. The maximum absolute atomic E-state index is 11.5. The summed E-state index contributed by atoms with van der Waals surface area (Å²) in [5, 5.41) is 11.7. The van der Waals surface area contributed by atoms with Crippen molar-refractivity contribution >= 4 is 11.9 Å². The van der Waals surface area contributed by atoms with Crippen molar-refractivity contribution < 1.29 is 14.7 Å². The third kappa shape index (κ3) is 3.62. The first kappa shape index (κ1) is 13.3. The molecule has 17 heavy (non-hydrogen) atoms. The van der Waals surface area contributed by atoms with E-state index in [0.29, 0.717) is 6.54 Å². The van der Waals surface area contributed by atoms with Crippen LogP contribution in [-0.4, -0.2) is 27.6 Å². The highest BCUT2D eigenvalue weighted by Crippen LogP contribution is 2.09. The molecule has 1 heterocycles. The number of carbonyl (C=O) groups excluding carboxylic acids is 1. The Morgan fingerprint density at radius 3 is 2.59 bits per heavy atom. The Hall–Kier alpha value is -1.78. The third-order valence-corrected chi connectivity index (χ3v) is 2.43. The van der Waals surface area contributed by atoms with Crippen LogP contribution in [-0.2, 0) is 11.3 Å². The quantitative estimate of drug-likeness (QED) is 0.814. The summed E-state index contributed by atoms with van der Waals surface area (Å²) < 4.78 is 1.64. The molecule has 94 valence electrons. The first-order chi connectivity index (χ1) is 7.91. The number of amides is 1. The number of carboxylic acid groups (broad SMARTS) is 1. The maximum atomic E-state index is 11.5. The highest BCUT2D eigenvalue weighted by atomic mass is 16.4. The Kier molecular flexibility index (Phi) is 4.31. The minimum Gasteiger partial charge on any atom is -0.477 e. The molecular weight excluding hydrogens is 220 g/mol. The second kappa shape index (κ2) is 5.52. The molecule has 0 aliphatic rings. The van der Waals surface area contributed by atoms with Crippen molar-refractivity contribution in [3.63, 3.8) is 0 Å². The molecule has 0 atom stereocenters. The molecule has 0 radical (unpaired) electrons. The molecule has 0 fully saturated rings. The second-order valence-corrected chi connectivity index (χ2v) is 4.29. The van der Waals surface area contributed by atoms with E-state index < -0.39 is 5.97 Å². The monoisotopic (exact) mass is 238 g/mol. The van der Waals surface area contributed by atoms with Crippen molar-refractivity contribution in [3.05, 3.63) is 23.5 Å². The van der Waals surface area contributed by atoms with Gasteiger partial charge in [0.15, 0.2) is 0 Å². The maximum Gasteiger partial charge on any atom is 0.352 e. The van der Waals surface area contributed by atoms with E-state index in [1.165, 1.54) is 0 Å². The number of aromatic carboxylic acids is 1. The fraction of sp³-hybridized carbons (Fsp3) is 0.500. The van der Waals surface area contributed by atoms with Crippen LogP contribution in [0.5, 0.6) is 0 Å². The van der Waals surface area contributed by atoms with Gasteiger partial charge in [-0.3, -0.25) is 4.79 Å². The predicted molar refractivity (Wildman–Crippen MR) is 64.0 cm³/mol. The zero-order valence-corrected chi connectivity index (χ0v) is 10.4. The summed E-state index contributed by atoms with van der Waals surface area (Å²) in [5.74, 6) is -1.04. The largest absolute Gasteiger partial charge is 0.477 e. The number of rotatable bonds is 5. The van der Waals surface area contributed by atoms with Gasteiger partial charge in [0, 0.05) is 24.7 Å². The van der Waals surface area contributed by atoms with Crippen LogP contribution in [0.4, 0.5) is 0 Å². The fourth-order valence-corrected chi connectivity index (χ4v) is 1.66. The standard InChI is InChI=1S/C12H18N2O3/c1-8(2)13-11(15)6-7-14-9(3)4-5-10(14)12(16)17/h4-5,8H,6-7H2,1-3H3,(H,13,15)(H,16,17). The second-order valence-electron chi connectivity index (χ2n) is 4.29. The van der Waals surface area contributed by atoms with Crippen LogP contribution in [0, 0.1) is 6.92 Å². The molecule has 0 unspecified atom stereocenters. The van der Waals surface area contributed by atoms with E-state index in [-0.39, 0.29) is 24.1 Å². The van der Waals surface area contributed by atoms with Crippen LogP contribution in [0.15, 0.2) is 12.1 Å². The Balaban J connectivity index is 2.66. The van der Waals surface area contributed by atoms with Gasteiger partial charge < -0.3 is 15.0 Å². The van der Waals surface area contributed by atoms with Crippen LogP contribution < -0.4 is 5.32 Å². The van der Waals surface area contributed by atoms with Crippen molar-refractivity contribution in [2.45, 2.75) is 39.8 Å². The van der Waals surface area contributed by atoms with Crippen molar-refractivity contribution in [3.8, 4) is 0 Å². The minimum atomic E-state index is -0.970. The molecule has 5 nitrogen and oxygen atoms in total. The van der Waals surface area contributed by atoms with Crippen molar-refractivity contribution in [1.82, 2.24) is 9.88 Å². The van der Waals surface area contributed by atoms with Gasteiger partial charge in [-0.15, -0.1) is 0 Å². The SMILES string of the molecule is Cc1ccc(C(=O)O)n1CCC(=O)NC(C)C. The number of carboxylic acids is 1. The lowest BCUT2D eigenvalue weighted by atomic mass is 10.3. The van der Waals surface area contributed by atoms with Crippen LogP contribution in [0.2, 0.25) is 0 Å². The van der Waals surface area contributed by atoms with E-state index >= 15 is 0 Å². The summed E-state index contributed by atoms with van der Waals surface area (Å²) in [5.41, 5.74) is 1.07. The fourth-order valence-electron chi connectivity index (χ4n) is 1.66. The van der Waals surface area contributed by atoms with Gasteiger partial charge in [0.25, 0.3) is 0 Å². The van der Waals surface area contributed by atoms with Crippen molar-refractivity contribution in [2.75, 3.05) is 0 Å². The first-order valence-corrected chi connectivity index (χ1v) is 5.60. The van der Waals surface area contributed by atoms with E-state index in [1.54, 1.807) is 16.7 Å². The molecule has 0 saturated carbocycles. The van der Waals surface area contributed by atoms with E-state index in [1.807, 2.05) is 20.8 Å². The molecule has 1 rings (SSSR count). The van der Waals surface area contributed by atoms with Crippen molar-refractivity contribution in [1.29, 1.82) is 0 Å². The summed E-state index contributed by atoms with van der Waals surface area (Å²) >= 11 is 0. The number of hydrogen-bond acceptors (Lipinski definition) is 2. The summed E-state index contributed by atoms with van der Waals surface area (Å²) in [7, 11) is 0. The zero-order valence-electron chi connectivity index (χ0n) is 10.4. The highest BCUT2D eigenvalue weighted by molar-refractivity contribution is 5.86. The normalized spacial score (nSPS) is 10.6. The molecule has 5 heteroatoms. The number of nitrogens with one attached hydrogen (secondary N) is 1. The van der Waals surface area contributed by atoms with E-state index in [4.69, 9.17) is 5.11 Å². The van der Waals surface area contributed by atoms with E-state index in [2.05, 4.69) is 5.32 Å². The molecule has 2 N–H and O–H groups in total. The lowest BCUT2D eigenvalue weighted by molar-refractivity contribution is -0.121. The average molecular weight is 238 g/mol. The number of aryl methyl sites for hydroxylation is 1. The molecule has 1 aromatic rings. The van der Waals surface area contributed by atoms with Gasteiger partial charge in [-0.05, 0) is 32.9 Å². The van der Waals surface area contributed by atoms with Crippen LogP contribution in [0.3, 0.4) is 0 Å². The lowest BCUT2D eigenvalue weighted by Gasteiger charge is -2.11. The Labute approximate surface area is 100 Å². The van der Waals surface area contributed by atoms with Gasteiger partial charge in [0.2, 0.25) is 5.91 Å². The van der Waals surface area contributed by atoms with Crippen LogP contribution >= 0.6 is 0 Å². The summed E-state index contributed by atoms with van der Waals surface area (Å²) in [6, 6.07) is 3.40. The Bertz CT molecular complexity index is 421. The number of aromatic nitrogens is 1. The summed E-state index contributed by atoms with van der Waals surface area (Å²) in [4.78, 5) is 22.4. The molecule has 0 aromatic carbocycles. The molecule has 0 saturated heterocycles. The predicted octanol–water partition coefficient (Wildman–Crippen LogP) is 1.41. The van der Waals surface area contributed by atoms with Gasteiger partial charge in [0.05, 0.1) is 0 Å². The highest BCUT2D eigenvalue weighted by Gasteiger charge is 2.12. The smallest absolute Gasteiger partial charge is 0.352 e. The molecule has 0 bridgehead atoms. The Morgan fingerprint density at radius 1 is 1.41 bits per heavy atom. The molecular formula is C12H18N2O3. The molecule has 1 amide bonds. The zero-order chi connectivity index (χ0) is 13.0. The van der Waals surface area contributed by atoms with Gasteiger partial charge in [-0.1, -0.05) is 0 Å². The number of hydrogen-bond donors (Lipinski definition) is 2. The van der Waals surface area contributed by atoms with E-state index in [0.717, 1.165) is 5.69 Å². The van der Waals surface area contributed by atoms with Crippen LogP contribution in [0.1, 0.15) is 36.5 Å². The minimum absolute atomic E-state index is 0.0653. The lowest BCUT2D eigenvalue weighted by Crippen LogP contribution is -2.31. The molecule has 0 aliphatic carbocycles. The summed E-state index contributed by atoms with van der Waals surface area (Å²) in [6.45, 7) is 5.99. The van der Waals surface area contributed by atoms with Gasteiger partial charge in [-0.25, -0.2) is 4.79 Å². The Morgan fingerprint density at radius 2 is 2.06 bits per heavy atom. The number of nitrogens with zero attached hydrogens (tertiary/aromatic N) is 1. The summed E-state index contributed by atoms with van der Waals surface area (Å²) in [6.07, 6.45) is 0.286. The van der Waals surface area contributed by atoms with E-state index in [9.17, 15) is 9.59 Å². The molecule has 1 aromatic heterocycles. The number of carbonyl (C=O) groups is 2. The first-order valence-electron chi connectivity index (χ1n) is 5.60. The van der Waals surface area contributed by atoms with Gasteiger partial charge >= 0.3 is 5.97 Å². The van der Waals surface area contributed by atoms with Crippen LogP contribution in [0.25, 0.3) is 0 Å². The topological polar surface area (TPSA) is 71.3 Å². The van der Waals surface area contributed by atoms with Crippen molar-refractivity contribution in [2.24, 2.45) is 0 Å². The molecule has 0 spiro atoms.